The summed E-state index contributed by atoms with van der Waals surface area (Å²) < 4.78 is 7.11. The van der Waals surface area contributed by atoms with Gasteiger partial charge in [-0.15, -0.1) is 5.10 Å². The number of thioether (sulfide) groups is 1. The molecular weight excluding hydrogens is 448 g/mol. The van der Waals surface area contributed by atoms with Gasteiger partial charge in [-0.1, -0.05) is 41.6 Å². The number of methoxy groups -OCH3 is 1. The number of aromatic amines is 1. The van der Waals surface area contributed by atoms with E-state index in [2.05, 4.69) is 26.6 Å². The smallest absolute Gasteiger partial charge is 0.236 e. The largest absolute Gasteiger partial charge is 0.497 e. The first-order valence-corrected chi connectivity index (χ1v) is 11.6. The van der Waals surface area contributed by atoms with Crippen LogP contribution in [-0.4, -0.2) is 38.5 Å². The van der Waals surface area contributed by atoms with E-state index in [1.165, 1.54) is 11.8 Å². The van der Waals surface area contributed by atoms with E-state index in [0.717, 1.165) is 33.8 Å². The first-order valence-electron chi connectivity index (χ1n) is 10.6. The summed E-state index contributed by atoms with van der Waals surface area (Å²) in [5.41, 5.74) is 5.04. The van der Waals surface area contributed by atoms with Crippen molar-refractivity contribution in [3.8, 4) is 28.9 Å². The second-order valence-corrected chi connectivity index (χ2v) is 8.69. The molecule has 0 atom stereocenters. The van der Waals surface area contributed by atoms with Crippen LogP contribution in [0.2, 0.25) is 0 Å². The molecule has 2 aromatic heterocycles. The Balaban J connectivity index is 1.51. The van der Waals surface area contributed by atoms with Crippen LogP contribution < -0.4 is 10.1 Å². The number of H-pyrrole nitrogens is 1. The number of aryl methyl sites for hydroxylation is 1. The van der Waals surface area contributed by atoms with Crippen molar-refractivity contribution in [3.05, 3.63) is 70.9 Å². The van der Waals surface area contributed by atoms with Gasteiger partial charge in [0.25, 0.3) is 0 Å². The van der Waals surface area contributed by atoms with Gasteiger partial charge in [-0.2, -0.15) is 5.26 Å². The number of anilines is 1. The summed E-state index contributed by atoms with van der Waals surface area (Å²) >= 11 is 1.22. The van der Waals surface area contributed by atoms with Crippen molar-refractivity contribution < 1.29 is 9.53 Å². The maximum absolute atomic E-state index is 12.8. The minimum atomic E-state index is -0.254. The molecule has 0 aliphatic rings. The van der Waals surface area contributed by atoms with E-state index in [4.69, 9.17) is 4.74 Å². The van der Waals surface area contributed by atoms with Crippen LogP contribution >= 0.6 is 11.8 Å². The predicted molar refractivity (Wildman–Crippen MR) is 132 cm³/mol. The maximum atomic E-state index is 12.8. The summed E-state index contributed by atoms with van der Waals surface area (Å²) in [6, 6.07) is 17.6. The summed E-state index contributed by atoms with van der Waals surface area (Å²) in [5.74, 6) is 1.67. The van der Waals surface area contributed by atoms with E-state index in [9.17, 15) is 10.1 Å². The van der Waals surface area contributed by atoms with Crippen molar-refractivity contribution in [1.29, 1.82) is 5.26 Å². The summed E-state index contributed by atoms with van der Waals surface area (Å²) in [7, 11) is 1.61. The molecule has 0 bridgehead atoms. The van der Waals surface area contributed by atoms with Crippen molar-refractivity contribution in [2.24, 2.45) is 0 Å². The van der Waals surface area contributed by atoms with E-state index < -0.39 is 0 Å². The Morgan fingerprint density at radius 3 is 2.50 bits per heavy atom. The number of amides is 1. The van der Waals surface area contributed by atoms with Crippen molar-refractivity contribution in [1.82, 2.24) is 19.7 Å². The number of hydrogen-bond donors (Lipinski definition) is 2. The first-order chi connectivity index (χ1) is 16.4. The van der Waals surface area contributed by atoms with Crippen LogP contribution in [0, 0.1) is 32.1 Å². The van der Waals surface area contributed by atoms with E-state index in [1.807, 2.05) is 73.9 Å². The molecule has 0 saturated heterocycles. The lowest BCUT2D eigenvalue weighted by Crippen LogP contribution is -2.17. The molecule has 0 saturated carbocycles. The topological polar surface area (TPSA) is 109 Å². The minimum Gasteiger partial charge on any atom is -0.497 e. The minimum absolute atomic E-state index is 0.0992. The number of nitrogens with one attached hydrogen (secondary N) is 2. The van der Waals surface area contributed by atoms with Crippen LogP contribution in [0.5, 0.6) is 5.75 Å². The summed E-state index contributed by atoms with van der Waals surface area (Å²) in [6.45, 7) is 5.82. The summed E-state index contributed by atoms with van der Waals surface area (Å²) in [6.07, 6.45) is 0. The lowest BCUT2D eigenvalue weighted by Gasteiger charge is -2.13. The number of carbonyl (C=O) groups is 1. The van der Waals surface area contributed by atoms with Crippen LogP contribution in [0.25, 0.3) is 17.1 Å². The fourth-order valence-electron chi connectivity index (χ4n) is 3.56. The Hall–Kier alpha value is -4.03. The lowest BCUT2D eigenvalue weighted by molar-refractivity contribution is -0.113. The zero-order valence-corrected chi connectivity index (χ0v) is 20.2. The van der Waals surface area contributed by atoms with E-state index in [1.54, 1.807) is 7.11 Å². The molecule has 0 spiro atoms. The van der Waals surface area contributed by atoms with Crippen LogP contribution in [0.4, 0.5) is 5.82 Å². The van der Waals surface area contributed by atoms with Crippen molar-refractivity contribution in [2.45, 2.75) is 25.9 Å². The van der Waals surface area contributed by atoms with Gasteiger partial charge in [0.1, 0.15) is 17.6 Å². The highest BCUT2D eigenvalue weighted by atomic mass is 32.2. The summed E-state index contributed by atoms with van der Waals surface area (Å²) in [4.78, 5) is 17.3. The molecule has 2 aromatic carbocycles. The van der Waals surface area contributed by atoms with Crippen molar-refractivity contribution >= 4 is 23.5 Å². The number of aromatic nitrogens is 4. The van der Waals surface area contributed by atoms with Gasteiger partial charge in [-0.25, -0.2) is 4.98 Å². The number of ether oxygens (including phenoxy) is 1. The number of nitriles is 1. The molecule has 0 aliphatic carbocycles. The van der Waals surface area contributed by atoms with Crippen LogP contribution in [0.15, 0.2) is 53.7 Å². The molecule has 0 unspecified atom stereocenters. The quantitative estimate of drug-likeness (QED) is 0.374. The Kier molecular flexibility index (Phi) is 6.70. The summed E-state index contributed by atoms with van der Waals surface area (Å²) in [5, 5.41) is 20.3. The van der Waals surface area contributed by atoms with Gasteiger partial charge in [0.15, 0.2) is 5.82 Å². The number of carbonyl (C=O) groups excluding carboxylic acids is 1. The fourth-order valence-corrected chi connectivity index (χ4v) is 4.16. The van der Waals surface area contributed by atoms with Gasteiger partial charge in [-0.3, -0.25) is 14.5 Å². The molecule has 4 rings (SSSR count). The average Bonchev–Trinajstić information content (AvgIpc) is 3.41. The van der Waals surface area contributed by atoms with Gasteiger partial charge in [0.2, 0.25) is 11.1 Å². The van der Waals surface area contributed by atoms with Crippen molar-refractivity contribution in [2.75, 3.05) is 18.2 Å². The second kappa shape index (κ2) is 9.85. The maximum Gasteiger partial charge on any atom is 0.236 e. The third kappa shape index (κ3) is 4.67. The lowest BCUT2D eigenvalue weighted by atomic mass is 10.1. The normalized spacial score (nSPS) is 10.7. The molecule has 2 N–H and O–H groups in total. The van der Waals surface area contributed by atoms with Crippen LogP contribution in [-0.2, 0) is 4.79 Å². The SMILES string of the molecule is COc1ccc(-n2c(C)c(C)c(C#N)c2NC(=O)CSc2n[nH]c(-c3ccc(C)cc3)n2)cc1. The van der Waals surface area contributed by atoms with Crippen molar-refractivity contribution in [3.63, 3.8) is 0 Å². The molecule has 0 fully saturated rings. The average molecular weight is 473 g/mol. The monoisotopic (exact) mass is 472 g/mol. The standard InChI is InChI=1S/C25H24N6O2S/c1-15-5-7-18(8-6-15)23-28-25(30-29-23)34-14-22(32)27-24-21(13-26)16(2)17(3)31(24)19-9-11-20(33-4)12-10-19/h5-12H,14H2,1-4H3,(H,27,32)(H,28,29,30). The molecule has 172 valence electrons. The molecule has 2 heterocycles. The van der Waals surface area contributed by atoms with E-state index in [0.29, 0.717) is 22.4 Å². The zero-order valence-electron chi connectivity index (χ0n) is 19.3. The van der Waals surface area contributed by atoms with Crippen LogP contribution in [0.1, 0.15) is 22.4 Å². The van der Waals surface area contributed by atoms with Gasteiger partial charge < -0.3 is 10.1 Å². The molecule has 0 aliphatic heterocycles. The highest BCUT2D eigenvalue weighted by Gasteiger charge is 2.21. The van der Waals surface area contributed by atoms with Gasteiger partial charge in [0.05, 0.1) is 18.4 Å². The number of hydrogen-bond acceptors (Lipinski definition) is 6. The second-order valence-electron chi connectivity index (χ2n) is 7.75. The predicted octanol–water partition coefficient (Wildman–Crippen LogP) is 4.80. The zero-order chi connectivity index (χ0) is 24.2. The molecule has 0 radical (unpaired) electrons. The molecule has 34 heavy (non-hydrogen) atoms. The fraction of sp³-hybridized carbons (Fsp3) is 0.200. The number of benzene rings is 2. The molecule has 9 heteroatoms. The van der Waals surface area contributed by atoms with E-state index >= 15 is 0 Å². The molecule has 1 amide bonds. The first kappa shape index (κ1) is 23.1. The van der Waals surface area contributed by atoms with Gasteiger partial charge in [0, 0.05) is 16.9 Å². The third-order valence-corrected chi connectivity index (χ3v) is 6.38. The van der Waals surface area contributed by atoms with Gasteiger partial charge >= 0.3 is 0 Å². The Morgan fingerprint density at radius 1 is 1.15 bits per heavy atom. The highest BCUT2D eigenvalue weighted by molar-refractivity contribution is 7.99. The Bertz CT molecular complexity index is 1360. The third-order valence-electron chi connectivity index (χ3n) is 5.54. The number of rotatable bonds is 7. The van der Waals surface area contributed by atoms with E-state index in [-0.39, 0.29) is 11.7 Å². The molecule has 8 nitrogen and oxygen atoms in total. The Morgan fingerprint density at radius 2 is 1.85 bits per heavy atom. The van der Waals surface area contributed by atoms with Crippen LogP contribution in [0.3, 0.4) is 0 Å². The highest BCUT2D eigenvalue weighted by Crippen LogP contribution is 2.31. The molecule has 4 aromatic rings. The van der Waals surface area contributed by atoms with Gasteiger partial charge in [-0.05, 0) is 50.6 Å². The Labute approximate surface area is 202 Å². The number of nitrogens with zero attached hydrogens (tertiary/aromatic N) is 4. The molecular formula is C25H24N6O2S.